The summed E-state index contributed by atoms with van der Waals surface area (Å²) < 4.78 is 78.2. The van der Waals surface area contributed by atoms with Crippen LogP contribution in [0.5, 0.6) is 0 Å². The molecule has 5 nitrogen and oxygen atoms in total. The van der Waals surface area contributed by atoms with Crippen LogP contribution in [0.2, 0.25) is 0 Å². The van der Waals surface area contributed by atoms with Gasteiger partial charge in [-0.2, -0.15) is 26.3 Å². The van der Waals surface area contributed by atoms with Crippen LogP contribution in [-0.2, 0) is 23.7 Å². The minimum Gasteiger partial charge on any atom is -0.349 e. The summed E-state index contributed by atoms with van der Waals surface area (Å²) in [7, 11) is 0. The molecule has 0 bridgehead atoms. The Labute approximate surface area is 161 Å². The van der Waals surface area contributed by atoms with Crippen molar-refractivity contribution in [2.75, 3.05) is 6.54 Å². The van der Waals surface area contributed by atoms with E-state index in [1.165, 1.54) is 12.3 Å². The van der Waals surface area contributed by atoms with E-state index < -0.39 is 29.0 Å². The molecule has 0 spiro atoms. The molecule has 29 heavy (non-hydrogen) atoms. The third-order valence-electron chi connectivity index (χ3n) is 4.38. The lowest BCUT2D eigenvalue weighted by molar-refractivity contribution is -0.143. The Balaban J connectivity index is 1.86. The molecule has 3 rings (SSSR count). The monoisotopic (exact) mass is 418 g/mol. The number of rotatable bonds is 4. The van der Waals surface area contributed by atoms with Gasteiger partial charge in [0.05, 0.1) is 29.4 Å². The van der Waals surface area contributed by atoms with E-state index in [0.717, 1.165) is 13.0 Å². The van der Waals surface area contributed by atoms with Crippen molar-refractivity contribution < 1.29 is 31.1 Å². The number of hydrogen-bond acceptors (Lipinski definition) is 4. The van der Waals surface area contributed by atoms with Gasteiger partial charge in [0.25, 0.3) is 0 Å². The molecule has 1 aromatic heterocycles. The molecule has 0 unspecified atom stereocenters. The fourth-order valence-electron chi connectivity index (χ4n) is 2.93. The molecule has 2 heterocycles. The van der Waals surface area contributed by atoms with E-state index >= 15 is 0 Å². The number of amides is 1. The molecule has 1 amide bonds. The van der Waals surface area contributed by atoms with Crippen molar-refractivity contribution in [3.63, 3.8) is 0 Å². The predicted octanol–water partition coefficient (Wildman–Crippen LogP) is 3.55. The van der Waals surface area contributed by atoms with Crippen molar-refractivity contribution in [2.45, 2.75) is 37.8 Å². The zero-order chi connectivity index (χ0) is 21.2. The van der Waals surface area contributed by atoms with Gasteiger partial charge in [-0.1, -0.05) is 0 Å². The van der Waals surface area contributed by atoms with Gasteiger partial charge in [-0.3, -0.25) is 4.79 Å². The third-order valence-corrected chi connectivity index (χ3v) is 4.38. The Morgan fingerprint density at radius 1 is 1.10 bits per heavy atom. The summed E-state index contributed by atoms with van der Waals surface area (Å²) in [5.41, 5.74) is -3.06. The van der Waals surface area contributed by atoms with Gasteiger partial charge in [0, 0.05) is 11.8 Å². The average molecular weight is 418 g/mol. The quantitative estimate of drug-likeness (QED) is 0.746. The summed E-state index contributed by atoms with van der Waals surface area (Å²) in [5.74, 6) is -0.548. The number of halogens is 6. The molecular weight excluding hydrogens is 402 g/mol. The Morgan fingerprint density at radius 3 is 2.31 bits per heavy atom. The molecule has 0 aliphatic carbocycles. The van der Waals surface area contributed by atoms with E-state index in [4.69, 9.17) is 0 Å². The maximum Gasteiger partial charge on any atom is 0.416 e. The molecule has 156 valence electrons. The van der Waals surface area contributed by atoms with Gasteiger partial charge in [-0.05, 0) is 43.7 Å². The molecule has 2 N–H and O–H groups in total. The van der Waals surface area contributed by atoms with Gasteiger partial charge in [-0.25, -0.2) is 9.97 Å². The average Bonchev–Trinajstić information content (AvgIpc) is 3.19. The van der Waals surface area contributed by atoms with Gasteiger partial charge in [0.15, 0.2) is 5.82 Å². The summed E-state index contributed by atoms with van der Waals surface area (Å²) >= 11 is 0. The van der Waals surface area contributed by atoms with Gasteiger partial charge in [0.2, 0.25) is 5.91 Å². The smallest absolute Gasteiger partial charge is 0.349 e. The van der Waals surface area contributed by atoms with Crippen molar-refractivity contribution >= 4 is 5.91 Å². The molecule has 1 aliphatic rings. The molecule has 1 aromatic carbocycles. The topological polar surface area (TPSA) is 66.9 Å². The first-order chi connectivity index (χ1) is 13.5. The van der Waals surface area contributed by atoms with Crippen LogP contribution in [0.4, 0.5) is 26.3 Å². The van der Waals surface area contributed by atoms with Crippen LogP contribution in [-0.4, -0.2) is 28.5 Å². The van der Waals surface area contributed by atoms with Crippen LogP contribution in [0.15, 0.2) is 30.5 Å². The number of alkyl halides is 6. The molecule has 1 atom stereocenters. The highest BCUT2D eigenvalue weighted by Crippen LogP contribution is 2.38. The summed E-state index contributed by atoms with van der Waals surface area (Å²) in [6, 6.07) is 2.27. The molecule has 1 saturated heterocycles. The molecule has 1 fully saturated rings. The van der Waals surface area contributed by atoms with E-state index in [1.54, 1.807) is 0 Å². The summed E-state index contributed by atoms with van der Waals surface area (Å²) in [6.45, 7) is 0.699. The van der Waals surface area contributed by atoms with Gasteiger partial charge in [-0.15, -0.1) is 0 Å². The van der Waals surface area contributed by atoms with Gasteiger partial charge in [0.1, 0.15) is 0 Å². The summed E-state index contributed by atoms with van der Waals surface area (Å²) in [4.78, 5) is 19.8. The van der Waals surface area contributed by atoms with E-state index in [-0.39, 0.29) is 36.1 Å². The van der Waals surface area contributed by atoms with Crippen LogP contribution >= 0.6 is 0 Å². The normalized spacial score (nSPS) is 17.4. The second kappa shape index (κ2) is 7.97. The maximum atomic E-state index is 13.0. The van der Waals surface area contributed by atoms with E-state index in [0.29, 0.717) is 18.6 Å². The molecule has 1 aliphatic heterocycles. The van der Waals surface area contributed by atoms with Crippen LogP contribution < -0.4 is 10.6 Å². The summed E-state index contributed by atoms with van der Waals surface area (Å²) in [6.07, 6.45) is -7.16. The van der Waals surface area contributed by atoms with Crippen LogP contribution in [0.25, 0.3) is 11.4 Å². The first-order valence-corrected chi connectivity index (χ1v) is 8.67. The second-order valence-corrected chi connectivity index (χ2v) is 6.53. The van der Waals surface area contributed by atoms with Crippen LogP contribution in [0.1, 0.15) is 29.7 Å². The lowest BCUT2D eigenvalue weighted by Crippen LogP contribution is -2.40. The van der Waals surface area contributed by atoms with Crippen molar-refractivity contribution in [2.24, 2.45) is 0 Å². The Morgan fingerprint density at radius 2 is 1.76 bits per heavy atom. The Kier molecular flexibility index (Phi) is 5.78. The van der Waals surface area contributed by atoms with Crippen LogP contribution in [0, 0.1) is 0 Å². The van der Waals surface area contributed by atoms with Crippen LogP contribution in [0.3, 0.4) is 0 Å². The van der Waals surface area contributed by atoms with Crippen molar-refractivity contribution in [1.82, 2.24) is 20.6 Å². The molecule has 0 saturated carbocycles. The molecular formula is C18H16F6N4O. The van der Waals surface area contributed by atoms with Gasteiger partial charge >= 0.3 is 12.4 Å². The highest BCUT2D eigenvalue weighted by Gasteiger charge is 2.37. The fraction of sp³-hybridized carbons (Fsp3) is 0.389. The van der Waals surface area contributed by atoms with E-state index in [9.17, 15) is 31.1 Å². The van der Waals surface area contributed by atoms with Gasteiger partial charge < -0.3 is 10.6 Å². The standard InChI is InChI=1S/C18H16F6N4O/c19-17(20,21)11-6-10(7-12(8-11)18(22,23)24)15-26-5-3-13(28-15)9-27-16(29)14-2-1-4-25-14/h3,5-8,14,25H,1-2,4,9H2,(H,27,29)/t14-/m0/s1. The molecule has 11 heteroatoms. The number of carbonyl (C=O) groups is 1. The lowest BCUT2D eigenvalue weighted by Gasteiger charge is -2.14. The molecule has 0 radical (unpaired) electrons. The minimum atomic E-state index is -4.96. The largest absolute Gasteiger partial charge is 0.416 e. The van der Waals surface area contributed by atoms with E-state index in [2.05, 4.69) is 20.6 Å². The van der Waals surface area contributed by atoms with E-state index in [1.807, 2.05) is 0 Å². The minimum absolute atomic E-state index is 0.0301. The summed E-state index contributed by atoms with van der Waals surface area (Å²) in [5, 5.41) is 5.65. The number of aromatic nitrogens is 2. The lowest BCUT2D eigenvalue weighted by atomic mass is 10.0. The number of hydrogen-bond donors (Lipinski definition) is 2. The molecule has 2 aromatic rings. The zero-order valence-corrected chi connectivity index (χ0v) is 14.9. The number of nitrogens with zero attached hydrogens (tertiary/aromatic N) is 2. The highest BCUT2D eigenvalue weighted by atomic mass is 19.4. The number of benzene rings is 1. The zero-order valence-electron chi connectivity index (χ0n) is 14.9. The maximum absolute atomic E-state index is 13.0. The Bertz CT molecular complexity index is 858. The first-order valence-electron chi connectivity index (χ1n) is 8.67. The van der Waals surface area contributed by atoms with Crippen molar-refractivity contribution in [3.05, 3.63) is 47.3 Å². The number of nitrogens with one attached hydrogen (secondary N) is 2. The highest BCUT2D eigenvalue weighted by molar-refractivity contribution is 5.81. The predicted molar refractivity (Wildman–Crippen MR) is 90.3 cm³/mol. The fourth-order valence-corrected chi connectivity index (χ4v) is 2.93. The SMILES string of the molecule is O=C(NCc1ccnc(-c2cc(C(F)(F)F)cc(C(F)(F)F)c2)n1)[C@@H]1CCCN1. The first kappa shape index (κ1) is 21.0. The Hall–Kier alpha value is -2.69. The van der Waals surface area contributed by atoms with Crippen molar-refractivity contribution in [3.8, 4) is 11.4 Å². The second-order valence-electron chi connectivity index (χ2n) is 6.53. The third kappa shape index (κ3) is 5.22. The van der Waals surface area contributed by atoms with Crippen molar-refractivity contribution in [1.29, 1.82) is 0 Å². The number of carbonyl (C=O) groups excluding carboxylic acids is 1.